The molecule has 0 radical (unpaired) electrons. The summed E-state index contributed by atoms with van der Waals surface area (Å²) in [6.07, 6.45) is -6.87. The number of aliphatic hydroxyl groups excluding tert-OH is 12. The largest absolute Gasteiger partial charge is 0.481 e. The van der Waals surface area contributed by atoms with E-state index in [9.17, 15) is 45.0 Å². The first-order valence-corrected chi connectivity index (χ1v) is 24.9. The second-order valence-electron chi connectivity index (χ2n) is 23.3. The van der Waals surface area contributed by atoms with Crippen LogP contribution in [-0.2, 0) is 19.1 Å². The molecule has 0 saturated heterocycles. The Morgan fingerprint density at radius 1 is 0.643 bits per heavy atom. The number of hydrogen-bond acceptors (Lipinski definition) is 18. The van der Waals surface area contributed by atoms with Crippen molar-refractivity contribution in [2.75, 3.05) is 27.3 Å². The summed E-state index contributed by atoms with van der Waals surface area (Å²) in [7, 11) is 2.69. The van der Waals surface area contributed by atoms with Gasteiger partial charge in [0.2, 0.25) is 0 Å². The van der Waals surface area contributed by atoms with Crippen LogP contribution in [0.2, 0.25) is 0 Å². The lowest BCUT2D eigenvalue weighted by Gasteiger charge is -2.72. The third-order valence-electron chi connectivity index (χ3n) is 18.7. The molecule has 0 aliphatic heterocycles. The molecule has 20 nitrogen and oxygen atoms in total. The maximum absolute atomic E-state index is 12.9. The summed E-state index contributed by atoms with van der Waals surface area (Å²) in [6.45, 7) is 20.2. The zero-order valence-corrected chi connectivity index (χ0v) is 43.0. The lowest BCUT2D eigenvalue weighted by atomic mass is 9.32. The number of aliphatic hydroxyl groups is 12. The molecular weight excluding hydrogens is 917 g/mol. The van der Waals surface area contributed by atoms with E-state index >= 15 is 0 Å². The topological polar surface area (TPSA) is 368 Å². The maximum Gasteiger partial charge on any atom is 0.309 e. The van der Waals surface area contributed by atoms with Crippen molar-refractivity contribution in [2.45, 2.75) is 193 Å². The Morgan fingerprint density at radius 2 is 1.14 bits per heavy atom. The quantitative estimate of drug-likeness (QED) is 0.0490. The molecule has 0 aromatic carbocycles. The van der Waals surface area contributed by atoms with E-state index in [4.69, 9.17) is 45.6 Å². The van der Waals surface area contributed by atoms with Gasteiger partial charge in [0.1, 0.15) is 67.4 Å². The van der Waals surface area contributed by atoms with Crippen LogP contribution >= 0.6 is 0 Å². The molecule has 5 aliphatic rings. The Hall–Kier alpha value is -2.41. The molecule has 0 heterocycles. The van der Waals surface area contributed by atoms with Crippen LogP contribution in [0.3, 0.4) is 0 Å². The Bertz CT molecular complexity index is 1700. The minimum absolute atomic E-state index is 0.0847. The van der Waals surface area contributed by atoms with Crippen LogP contribution in [0.15, 0.2) is 12.2 Å². The van der Waals surface area contributed by atoms with Gasteiger partial charge >= 0.3 is 17.9 Å². The minimum atomic E-state index is -1.75. The number of carboxylic acids is 2. The van der Waals surface area contributed by atoms with Crippen LogP contribution < -0.4 is 10.6 Å². The highest BCUT2D eigenvalue weighted by molar-refractivity contribution is 5.81. The van der Waals surface area contributed by atoms with Crippen molar-refractivity contribution in [3.8, 4) is 0 Å². The molecule has 0 spiro atoms. The molecular formula is C50H90N2O18. The predicted octanol–water partition coefficient (Wildman–Crippen LogP) is 0.0615. The maximum atomic E-state index is 12.9. The molecule has 5 aliphatic carbocycles. The number of carbonyl (C=O) groups excluding carboxylic acids is 1. The Morgan fingerprint density at radius 3 is 1.57 bits per heavy atom. The highest BCUT2D eigenvalue weighted by Crippen LogP contribution is 2.77. The Kier molecular flexibility index (Phi) is 21.1. The fourth-order valence-electron chi connectivity index (χ4n) is 14.1. The van der Waals surface area contributed by atoms with E-state index in [-0.39, 0.29) is 40.1 Å². The number of hydrogen-bond donors (Lipinski definition) is 16. The van der Waals surface area contributed by atoms with Gasteiger partial charge in [0.25, 0.3) is 0 Å². The molecule has 0 aromatic rings. The van der Waals surface area contributed by atoms with Gasteiger partial charge in [-0.15, -0.1) is 0 Å². The number of carbonyl (C=O) groups is 3. The van der Waals surface area contributed by atoms with Crippen LogP contribution in [0.1, 0.15) is 126 Å². The third kappa shape index (κ3) is 11.9. The van der Waals surface area contributed by atoms with Gasteiger partial charge in [0, 0.05) is 5.41 Å². The van der Waals surface area contributed by atoms with Gasteiger partial charge < -0.3 is 76.2 Å². The summed E-state index contributed by atoms with van der Waals surface area (Å²) in [4.78, 5) is 37.5. The van der Waals surface area contributed by atoms with Crippen molar-refractivity contribution in [1.82, 2.24) is 10.6 Å². The van der Waals surface area contributed by atoms with Gasteiger partial charge in [-0.2, -0.15) is 0 Å². The number of rotatable bonds is 18. The van der Waals surface area contributed by atoms with Gasteiger partial charge in [-0.3, -0.25) is 25.0 Å². The van der Waals surface area contributed by atoms with E-state index in [2.05, 4.69) is 58.8 Å². The van der Waals surface area contributed by atoms with Crippen LogP contribution in [0.5, 0.6) is 0 Å². The highest BCUT2D eigenvalue weighted by Gasteiger charge is 2.72. The number of carboxylic acid groups (broad SMARTS) is 2. The summed E-state index contributed by atoms with van der Waals surface area (Å²) in [5, 5.41) is 133. The van der Waals surface area contributed by atoms with E-state index in [1.54, 1.807) is 13.8 Å². The van der Waals surface area contributed by atoms with Gasteiger partial charge in [-0.1, -0.05) is 46.8 Å². The average Bonchev–Trinajstić information content (AvgIpc) is 3.72. The van der Waals surface area contributed by atoms with Gasteiger partial charge in [0.05, 0.1) is 30.5 Å². The molecule has 0 bridgehead atoms. The molecule has 5 fully saturated rings. The molecule has 5 saturated carbocycles. The summed E-state index contributed by atoms with van der Waals surface area (Å²) in [5.74, 6) is -0.165. The lowest BCUT2D eigenvalue weighted by molar-refractivity contribution is -0.250. The number of aliphatic carboxylic acids is 2. The first-order valence-electron chi connectivity index (χ1n) is 24.9. The summed E-state index contributed by atoms with van der Waals surface area (Å²) >= 11 is 0. The number of allylic oxidation sites excluding steroid dienone is 1. The molecule has 20 atom stereocenters. The fraction of sp³-hybridized carbons (Fsp3) is 0.900. The monoisotopic (exact) mass is 1010 g/mol. The zero-order valence-electron chi connectivity index (χ0n) is 43.0. The number of likely N-dealkylation sites (N-methyl/N-ethyl adjacent to an activating group) is 2. The van der Waals surface area contributed by atoms with Gasteiger partial charge in [0.15, 0.2) is 0 Å². The number of nitrogens with one attached hydrogen (secondary N) is 2. The van der Waals surface area contributed by atoms with Crippen molar-refractivity contribution < 1.29 is 90.6 Å². The molecule has 5 rings (SSSR count). The summed E-state index contributed by atoms with van der Waals surface area (Å²) < 4.78 is 6.10. The molecule has 408 valence electrons. The SMILES string of the molecule is C=C(C)[C@@H]1CC[C@]2(C(=O)O)CC[C@]3(C)[C@H](CC[C@@H]4[C@@]5(C)CC[C@H](OC(=O)CC(C)(C)C(=O)O)C(C)(C)[C@@H]5CC[C@]43C)[C@@H]12.CN[C@@H](O)[C@H](O)[C@@H](O)[C@H](O)[C@H](O)CO.CN[C@@H](O)[C@H](O)[C@@H](O)[C@H](O)[C@H](O)CO. The van der Waals surface area contributed by atoms with Crippen molar-refractivity contribution in [3.63, 3.8) is 0 Å². The van der Waals surface area contributed by atoms with Gasteiger partial charge in [-0.25, -0.2) is 0 Å². The number of ether oxygens (including phenoxy) is 1. The normalized spacial score (nSPS) is 36.5. The number of esters is 1. The third-order valence-corrected chi connectivity index (χ3v) is 18.7. The van der Waals surface area contributed by atoms with Crippen molar-refractivity contribution in [3.05, 3.63) is 12.2 Å². The molecule has 0 unspecified atom stereocenters. The van der Waals surface area contributed by atoms with Crippen molar-refractivity contribution in [1.29, 1.82) is 0 Å². The first-order chi connectivity index (χ1) is 32.2. The van der Waals surface area contributed by atoms with Crippen LogP contribution in [-0.4, -0.2) is 184 Å². The zero-order chi connectivity index (χ0) is 53.9. The highest BCUT2D eigenvalue weighted by atomic mass is 16.5. The minimum Gasteiger partial charge on any atom is -0.481 e. The van der Waals surface area contributed by atoms with Crippen molar-refractivity contribution >= 4 is 17.9 Å². The second kappa shape index (κ2) is 23.9. The average molecular weight is 1010 g/mol. The van der Waals surface area contributed by atoms with Gasteiger partial charge in [-0.05, 0) is 145 Å². The molecule has 16 N–H and O–H groups in total. The molecule has 0 aromatic heterocycles. The van der Waals surface area contributed by atoms with E-state index in [0.717, 1.165) is 69.8 Å². The van der Waals surface area contributed by atoms with Crippen LogP contribution in [0.25, 0.3) is 0 Å². The number of fused-ring (bicyclic) bond motifs is 7. The molecule has 20 heteroatoms. The lowest BCUT2D eigenvalue weighted by Crippen LogP contribution is -2.67. The van der Waals surface area contributed by atoms with E-state index in [1.807, 2.05) is 0 Å². The predicted molar refractivity (Wildman–Crippen MR) is 255 cm³/mol. The standard InChI is InChI=1S/C36H56O6.2C7H17NO6/c1-21(2)22-12-17-36(30(40)41)19-18-34(8)23(28(22)36)10-11-25-33(7)15-14-26(42-27(37)20-31(3,4)29(38)39)32(5,6)24(33)13-16-35(25,34)9;2*1-8-7(14)6(13)5(12)4(11)3(10)2-9/h22-26,28H,1,10-20H2,2-9H3,(H,38,39)(H,40,41);2*3-14H,2H2,1H3/t22-,23+,24-,25+,26-,28+,33-,34+,35+,36-;2*3-,4-,5+,6-,7+/m011/s1. The summed E-state index contributed by atoms with van der Waals surface area (Å²) in [5.41, 5.74) is -0.477. The van der Waals surface area contributed by atoms with Crippen molar-refractivity contribution in [2.24, 2.45) is 62.1 Å². The fourth-order valence-corrected chi connectivity index (χ4v) is 14.1. The Balaban J connectivity index is 0.000000379. The van der Waals surface area contributed by atoms with E-state index < -0.39 is 103 Å². The van der Waals surface area contributed by atoms with Crippen LogP contribution in [0, 0.1) is 62.1 Å². The molecule has 70 heavy (non-hydrogen) atoms. The molecule has 0 amide bonds. The van der Waals surface area contributed by atoms with E-state index in [0.29, 0.717) is 23.7 Å². The second-order valence-corrected chi connectivity index (χ2v) is 23.3. The van der Waals surface area contributed by atoms with E-state index in [1.165, 1.54) is 14.1 Å². The Labute approximate surface area is 413 Å². The first kappa shape index (κ1) is 61.9. The summed E-state index contributed by atoms with van der Waals surface area (Å²) in [6, 6.07) is 0. The van der Waals surface area contributed by atoms with Crippen LogP contribution in [0.4, 0.5) is 0 Å². The smallest absolute Gasteiger partial charge is 0.309 e.